The van der Waals surface area contributed by atoms with Crippen LogP contribution in [-0.2, 0) is 22.4 Å². The Morgan fingerprint density at radius 1 is 1.06 bits per heavy atom. The normalized spacial score (nSPS) is 14.0. The molecule has 3 heterocycles. The minimum Gasteiger partial charge on any atom is -0.480 e. The van der Waals surface area contributed by atoms with Gasteiger partial charge in [-0.05, 0) is 42.7 Å². The maximum atomic E-state index is 13.8. The molecule has 0 saturated carbocycles. The highest BCUT2D eigenvalue weighted by Crippen LogP contribution is 2.33. The van der Waals surface area contributed by atoms with Crippen molar-refractivity contribution in [3.8, 4) is 5.75 Å². The third-order valence-electron chi connectivity index (χ3n) is 6.03. The molecule has 2 aromatic carbocycles. The van der Waals surface area contributed by atoms with Crippen LogP contribution >= 0.6 is 0 Å². The van der Waals surface area contributed by atoms with Gasteiger partial charge in [-0.25, -0.2) is 4.39 Å². The van der Waals surface area contributed by atoms with Crippen LogP contribution in [0.25, 0.3) is 11.0 Å². The molecule has 0 saturated heterocycles. The second-order valence-corrected chi connectivity index (χ2v) is 8.18. The van der Waals surface area contributed by atoms with E-state index in [-0.39, 0.29) is 18.7 Å². The molecule has 0 fully saturated rings. The Morgan fingerprint density at radius 2 is 1.88 bits per heavy atom. The molecule has 5 rings (SSSR count). The lowest BCUT2D eigenvalue weighted by atomic mass is 10.1. The molecule has 0 aliphatic carbocycles. The molecule has 5 nitrogen and oxygen atoms in total. The van der Waals surface area contributed by atoms with Crippen LogP contribution < -0.4 is 4.74 Å². The summed E-state index contributed by atoms with van der Waals surface area (Å²) in [6, 6.07) is 18.7. The number of hydrogen-bond acceptors (Lipinski definition) is 4. The van der Waals surface area contributed by atoms with E-state index in [9.17, 15) is 4.39 Å². The molecule has 0 radical (unpaired) electrons. The van der Waals surface area contributed by atoms with Crippen molar-refractivity contribution in [1.82, 2.24) is 9.55 Å². The molecule has 1 unspecified atom stereocenters. The van der Waals surface area contributed by atoms with Gasteiger partial charge in [0.15, 0.2) is 11.9 Å². The lowest BCUT2D eigenvalue weighted by molar-refractivity contribution is 0.0559. The zero-order valence-electron chi connectivity index (χ0n) is 18.6. The summed E-state index contributed by atoms with van der Waals surface area (Å²) < 4.78 is 33.6. The van der Waals surface area contributed by atoms with Crippen LogP contribution in [0.15, 0.2) is 78.9 Å². The highest BCUT2D eigenvalue weighted by Gasteiger charge is 2.25. The first-order chi connectivity index (χ1) is 16.1. The quantitative estimate of drug-likeness (QED) is 0.368. The molecule has 0 spiro atoms. The average Bonchev–Trinajstić information content (AvgIpc) is 3.44. The predicted molar refractivity (Wildman–Crippen MR) is 124 cm³/mol. The molecule has 0 amide bonds. The van der Waals surface area contributed by atoms with Crippen LogP contribution in [0.1, 0.15) is 22.4 Å². The fourth-order valence-corrected chi connectivity index (χ4v) is 4.23. The lowest BCUT2D eigenvalue weighted by Crippen LogP contribution is -2.23. The van der Waals surface area contributed by atoms with E-state index in [0.29, 0.717) is 24.5 Å². The summed E-state index contributed by atoms with van der Waals surface area (Å²) >= 11 is 0. The zero-order chi connectivity index (χ0) is 22.8. The summed E-state index contributed by atoms with van der Waals surface area (Å²) in [5.74, 6) is 1.10. The molecule has 0 N–H and O–H groups in total. The molecular formula is C27H25FN2O3. The van der Waals surface area contributed by atoms with Gasteiger partial charge in [-0.1, -0.05) is 42.5 Å². The molecule has 33 heavy (non-hydrogen) atoms. The third kappa shape index (κ3) is 4.29. The van der Waals surface area contributed by atoms with Crippen molar-refractivity contribution in [1.29, 1.82) is 0 Å². The lowest BCUT2D eigenvalue weighted by Gasteiger charge is -2.20. The van der Waals surface area contributed by atoms with Crippen LogP contribution in [0, 0.1) is 19.7 Å². The zero-order valence-corrected chi connectivity index (χ0v) is 18.6. The first-order valence-corrected chi connectivity index (χ1v) is 10.9. The van der Waals surface area contributed by atoms with Crippen molar-refractivity contribution < 1.29 is 18.6 Å². The molecule has 168 valence electrons. The van der Waals surface area contributed by atoms with E-state index in [0.717, 1.165) is 33.4 Å². The molecule has 1 atom stereocenters. The number of hydrogen-bond donors (Lipinski definition) is 0. The van der Waals surface area contributed by atoms with Crippen molar-refractivity contribution in [2.24, 2.45) is 0 Å². The Morgan fingerprint density at radius 3 is 2.64 bits per heavy atom. The molecule has 1 aliphatic rings. The highest BCUT2D eigenvalue weighted by molar-refractivity contribution is 5.86. The van der Waals surface area contributed by atoms with Crippen LogP contribution in [0.4, 0.5) is 4.39 Å². The average molecular weight is 445 g/mol. The van der Waals surface area contributed by atoms with E-state index in [2.05, 4.69) is 35.5 Å². The number of aryl methyl sites for hydroxylation is 1. The monoisotopic (exact) mass is 444 g/mol. The Balaban J connectivity index is 1.56. The smallest absolute Gasteiger partial charge is 0.230 e. The molecule has 6 heteroatoms. The van der Waals surface area contributed by atoms with E-state index >= 15 is 0 Å². The van der Waals surface area contributed by atoms with Crippen molar-refractivity contribution in [2.45, 2.75) is 32.9 Å². The van der Waals surface area contributed by atoms with E-state index in [4.69, 9.17) is 14.2 Å². The topological polar surface area (TPSA) is 45.5 Å². The molecule has 0 bridgehead atoms. The van der Waals surface area contributed by atoms with E-state index in [1.807, 2.05) is 30.3 Å². The van der Waals surface area contributed by atoms with E-state index in [1.165, 1.54) is 6.07 Å². The summed E-state index contributed by atoms with van der Waals surface area (Å²) in [6.07, 6.45) is 3.64. The highest BCUT2D eigenvalue weighted by atomic mass is 19.1. The van der Waals surface area contributed by atoms with Crippen molar-refractivity contribution in [2.75, 3.05) is 6.79 Å². The second-order valence-electron chi connectivity index (χ2n) is 8.18. The van der Waals surface area contributed by atoms with Gasteiger partial charge < -0.3 is 18.8 Å². The summed E-state index contributed by atoms with van der Waals surface area (Å²) in [5.41, 5.74) is 5.91. The van der Waals surface area contributed by atoms with Crippen molar-refractivity contribution >= 4 is 11.0 Å². The Labute approximate surface area is 192 Å². The number of aromatic nitrogens is 2. The maximum Gasteiger partial charge on any atom is 0.230 e. The summed E-state index contributed by atoms with van der Waals surface area (Å²) in [4.78, 5) is 4.63. The number of nitrogens with zero attached hydrogens (tertiary/aromatic N) is 2. The molecule has 4 aromatic rings. The van der Waals surface area contributed by atoms with Crippen LogP contribution in [0.3, 0.4) is 0 Å². The number of pyridine rings is 1. The van der Waals surface area contributed by atoms with Gasteiger partial charge >= 0.3 is 0 Å². The molecule has 2 aromatic heterocycles. The minimum absolute atomic E-state index is 0.184. The first-order valence-electron chi connectivity index (χ1n) is 10.9. The SMILES string of the molecule is Cc1c(C)n(Cc2cccc(F)c2)c2c(OC(Cc3ccccc3)C3=COCO3)ccnc12. The first kappa shape index (κ1) is 21.1. The van der Waals surface area contributed by atoms with E-state index < -0.39 is 0 Å². The van der Waals surface area contributed by atoms with Gasteiger partial charge in [0.2, 0.25) is 6.79 Å². The standard InChI is InChI=1S/C27H25FN2O3/c1-18-19(2)30(15-21-9-6-10-22(28)13-21)27-23(11-12-29-26(18)27)33-24(25-16-31-17-32-25)14-20-7-4-3-5-8-20/h3-13,16,24H,14-15,17H2,1-2H3. The van der Waals surface area contributed by atoms with Gasteiger partial charge in [-0.3, -0.25) is 4.98 Å². The number of benzene rings is 2. The van der Waals surface area contributed by atoms with Gasteiger partial charge in [-0.2, -0.15) is 0 Å². The number of rotatable bonds is 7. The maximum absolute atomic E-state index is 13.8. The molecule has 1 aliphatic heterocycles. The fourth-order valence-electron chi connectivity index (χ4n) is 4.23. The summed E-state index contributed by atoms with van der Waals surface area (Å²) in [7, 11) is 0. The largest absolute Gasteiger partial charge is 0.480 e. The van der Waals surface area contributed by atoms with Crippen LogP contribution in [-0.4, -0.2) is 22.4 Å². The van der Waals surface area contributed by atoms with Gasteiger partial charge in [-0.15, -0.1) is 0 Å². The summed E-state index contributed by atoms with van der Waals surface area (Å²) in [6.45, 7) is 4.80. The minimum atomic E-state index is -0.362. The van der Waals surface area contributed by atoms with Crippen molar-refractivity contribution in [3.63, 3.8) is 0 Å². The second kappa shape index (κ2) is 8.98. The third-order valence-corrected chi connectivity index (χ3v) is 6.03. The molecular weight excluding hydrogens is 419 g/mol. The fraction of sp³-hybridized carbons (Fsp3) is 0.222. The predicted octanol–water partition coefficient (Wildman–Crippen LogP) is 5.68. The van der Waals surface area contributed by atoms with Crippen LogP contribution in [0.5, 0.6) is 5.75 Å². The Kier molecular flexibility index (Phi) is 5.73. The number of ether oxygens (including phenoxy) is 3. The van der Waals surface area contributed by atoms with Crippen molar-refractivity contribution in [3.05, 3.63) is 107 Å². The Hall–Kier alpha value is -3.80. The Bertz CT molecular complexity index is 1310. The van der Waals surface area contributed by atoms with Gasteiger partial charge in [0.05, 0.1) is 5.52 Å². The van der Waals surface area contributed by atoms with Gasteiger partial charge in [0.1, 0.15) is 23.3 Å². The summed E-state index contributed by atoms with van der Waals surface area (Å²) in [5, 5.41) is 0. The van der Waals surface area contributed by atoms with Gasteiger partial charge in [0.25, 0.3) is 0 Å². The van der Waals surface area contributed by atoms with Crippen LogP contribution in [0.2, 0.25) is 0 Å². The van der Waals surface area contributed by atoms with Gasteiger partial charge in [0, 0.05) is 30.9 Å². The number of fused-ring (bicyclic) bond motifs is 1. The number of halogens is 1. The van der Waals surface area contributed by atoms with E-state index in [1.54, 1.807) is 24.6 Å².